The van der Waals surface area contributed by atoms with E-state index in [2.05, 4.69) is 26.1 Å². The summed E-state index contributed by atoms with van der Waals surface area (Å²) in [6, 6.07) is 7.66. The van der Waals surface area contributed by atoms with Crippen LogP contribution in [0.25, 0.3) is 0 Å². The Morgan fingerprint density at radius 1 is 1.06 bits per heavy atom. The first kappa shape index (κ1) is 13.8. The zero-order valence-corrected chi connectivity index (χ0v) is 11.2. The molecule has 0 aliphatic carbocycles. The maximum absolute atomic E-state index is 5.62. The zero-order chi connectivity index (χ0) is 12.7. The van der Waals surface area contributed by atoms with Gasteiger partial charge in [0, 0.05) is 5.54 Å². The maximum Gasteiger partial charge on any atom is 0.119 e. The van der Waals surface area contributed by atoms with Crippen LogP contribution in [0.1, 0.15) is 27.2 Å². The van der Waals surface area contributed by atoms with Crippen LogP contribution in [0.4, 0.5) is 0 Å². The Labute approximate surface area is 104 Å². The van der Waals surface area contributed by atoms with Crippen molar-refractivity contribution in [3.63, 3.8) is 0 Å². The van der Waals surface area contributed by atoms with Gasteiger partial charge in [-0.3, -0.25) is 0 Å². The summed E-state index contributed by atoms with van der Waals surface area (Å²) in [6.45, 7) is 8.20. The summed E-state index contributed by atoms with van der Waals surface area (Å²) in [7, 11) is 1.66. The van der Waals surface area contributed by atoms with Gasteiger partial charge in [0.1, 0.15) is 11.5 Å². The molecule has 0 fully saturated rings. The smallest absolute Gasteiger partial charge is 0.119 e. The van der Waals surface area contributed by atoms with E-state index in [0.29, 0.717) is 0 Å². The van der Waals surface area contributed by atoms with Gasteiger partial charge in [0.25, 0.3) is 0 Å². The van der Waals surface area contributed by atoms with E-state index >= 15 is 0 Å². The molecule has 0 atom stereocenters. The van der Waals surface area contributed by atoms with E-state index in [1.165, 1.54) is 0 Å². The highest BCUT2D eigenvalue weighted by molar-refractivity contribution is 5.31. The Morgan fingerprint density at radius 2 is 1.65 bits per heavy atom. The lowest BCUT2D eigenvalue weighted by atomic mass is 10.1. The van der Waals surface area contributed by atoms with Crippen molar-refractivity contribution in [1.82, 2.24) is 5.32 Å². The highest BCUT2D eigenvalue weighted by Crippen LogP contribution is 2.16. The van der Waals surface area contributed by atoms with Crippen LogP contribution in [-0.2, 0) is 0 Å². The SMILES string of the molecule is COc1ccc(OCCCNC(C)(C)C)cc1. The molecule has 0 aliphatic rings. The van der Waals surface area contributed by atoms with Gasteiger partial charge in [-0.25, -0.2) is 0 Å². The van der Waals surface area contributed by atoms with Gasteiger partial charge >= 0.3 is 0 Å². The summed E-state index contributed by atoms with van der Waals surface area (Å²) in [4.78, 5) is 0. The van der Waals surface area contributed by atoms with Crippen LogP contribution in [0.5, 0.6) is 11.5 Å². The molecule has 1 aromatic rings. The van der Waals surface area contributed by atoms with Crippen LogP contribution in [0.15, 0.2) is 24.3 Å². The number of benzene rings is 1. The van der Waals surface area contributed by atoms with Crippen molar-refractivity contribution >= 4 is 0 Å². The van der Waals surface area contributed by atoms with Crippen LogP contribution < -0.4 is 14.8 Å². The van der Waals surface area contributed by atoms with Gasteiger partial charge in [0.15, 0.2) is 0 Å². The van der Waals surface area contributed by atoms with E-state index in [1.54, 1.807) is 7.11 Å². The molecule has 0 unspecified atom stereocenters. The molecule has 0 aliphatic heterocycles. The quantitative estimate of drug-likeness (QED) is 0.772. The molecule has 3 nitrogen and oxygen atoms in total. The second kappa shape index (κ2) is 6.50. The minimum absolute atomic E-state index is 0.181. The van der Waals surface area contributed by atoms with E-state index in [0.717, 1.165) is 31.1 Å². The summed E-state index contributed by atoms with van der Waals surface area (Å²) < 4.78 is 10.7. The van der Waals surface area contributed by atoms with Gasteiger partial charge < -0.3 is 14.8 Å². The van der Waals surface area contributed by atoms with Gasteiger partial charge in [0.05, 0.1) is 13.7 Å². The summed E-state index contributed by atoms with van der Waals surface area (Å²) in [5, 5.41) is 3.43. The fourth-order valence-electron chi connectivity index (χ4n) is 1.40. The molecule has 0 heterocycles. The van der Waals surface area contributed by atoms with E-state index in [9.17, 15) is 0 Å². The number of methoxy groups -OCH3 is 1. The molecule has 0 bridgehead atoms. The summed E-state index contributed by atoms with van der Waals surface area (Å²) in [5.41, 5.74) is 0.181. The molecule has 0 saturated carbocycles. The molecule has 1 N–H and O–H groups in total. The molecule has 0 amide bonds. The molecular weight excluding hydrogens is 214 g/mol. The Balaban J connectivity index is 2.18. The average molecular weight is 237 g/mol. The maximum atomic E-state index is 5.62. The lowest BCUT2D eigenvalue weighted by Crippen LogP contribution is -2.36. The third kappa shape index (κ3) is 6.17. The third-order valence-electron chi connectivity index (χ3n) is 2.30. The number of hydrogen-bond acceptors (Lipinski definition) is 3. The Hall–Kier alpha value is -1.22. The zero-order valence-electron chi connectivity index (χ0n) is 11.2. The van der Waals surface area contributed by atoms with Crippen LogP contribution in [0, 0.1) is 0 Å². The molecule has 0 saturated heterocycles. The van der Waals surface area contributed by atoms with Gasteiger partial charge in [-0.15, -0.1) is 0 Å². The van der Waals surface area contributed by atoms with Crippen LogP contribution in [0.2, 0.25) is 0 Å². The number of hydrogen-bond donors (Lipinski definition) is 1. The summed E-state index contributed by atoms with van der Waals surface area (Å²) >= 11 is 0. The van der Waals surface area contributed by atoms with Crippen molar-refractivity contribution in [2.24, 2.45) is 0 Å². The number of nitrogens with one attached hydrogen (secondary N) is 1. The molecule has 17 heavy (non-hydrogen) atoms. The first-order valence-electron chi connectivity index (χ1n) is 6.03. The second-order valence-electron chi connectivity index (χ2n) is 5.05. The molecule has 0 aromatic heterocycles. The molecule has 3 heteroatoms. The molecule has 96 valence electrons. The van der Waals surface area contributed by atoms with Crippen molar-refractivity contribution in [1.29, 1.82) is 0 Å². The average Bonchev–Trinajstić information content (AvgIpc) is 2.28. The second-order valence-corrected chi connectivity index (χ2v) is 5.05. The van der Waals surface area contributed by atoms with Crippen LogP contribution >= 0.6 is 0 Å². The Morgan fingerprint density at radius 3 is 2.18 bits per heavy atom. The molecule has 1 aromatic carbocycles. The minimum atomic E-state index is 0.181. The first-order chi connectivity index (χ1) is 8.01. The van der Waals surface area contributed by atoms with Gasteiger partial charge in [-0.1, -0.05) is 0 Å². The highest BCUT2D eigenvalue weighted by Gasteiger charge is 2.06. The van der Waals surface area contributed by atoms with Crippen molar-refractivity contribution in [2.75, 3.05) is 20.3 Å². The van der Waals surface area contributed by atoms with E-state index < -0.39 is 0 Å². The van der Waals surface area contributed by atoms with Crippen LogP contribution in [0.3, 0.4) is 0 Å². The molecule has 0 radical (unpaired) electrons. The first-order valence-corrected chi connectivity index (χ1v) is 6.03. The number of rotatable bonds is 6. The predicted octanol–water partition coefficient (Wildman–Crippen LogP) is 2.85. The third-order valence-corrected chi connectivity index (χ3v) is 2.30. The number of ether oxygens (including phenoxy) is 2. The van der Waals surface area contributed by atoms with Crippen molar-refractivity contribution in [3.8, 4) is 11.5 Å². The van der Waals surface area contributed by atoms with E-state index in [1.807, 2.05) is 24.3 Å². The van der Waals surface area contributed by atoms with Gasteiger partial charge in [-0.05, 0) is 58.0 Å². The van der Waals surface area contributed by atoms with Crippen molar-refractivity contribution in [2.45, 2.75) is 32.7 Å². The fraction of sp³-hybridized carbons (Fsp3) is 0.571. The monoisotopic (exact) mass is 237 g/mol. The fourth-order valence-corrected chi connectivity index (χ4v) is 1.40. The van der Waals surface area contributed by atoms with E-state index in [-0.39, 0.29) is 5.54 Å². The molecule has 1 rings (SSSR count). The van der Waals surface area contributed by atoms with Crippen LogP contribution in [-0.4, -0.2) is 25.8 Å². The molecular formula is C14H23NO2. The highest BCUT2D eigenvalue weighted by atomic mass is 16.5. The van der Waals surface area contributed by atoms with Gasteiger partial charge in [-0.2, -0.15) is 0 Å². The van der Waals surface area contributed by atoms with Crippen molar-refractivity contribution < 1.29 is 9.47 Å². The Bertz CT molecular complexity index is 314. The lowest BCUT2D eigenvalue weighted by Gasteiger charge is -2.20. The minimum Gasteiger partial charge on any atom is -0.497 e. The topological polar surface area (TPSA) is 30.5 Å². The van der Waals surface area contributed by atoms with Crippen molar-refractivity contribution in [3.05, 3.63) is 24.3 Å². The standard InChI is InChI=1S/C14H23NO2/c1-14(2,3)15-10-5-11-17-13-8-6-12(16-4)7-9-13/h6-9,15H,5,10-11H2,1-4H3. The predicted molar refractivity (Wildman–Crippen MR) is 70.9 cm³/mol. The van der Waals surface area contributed by atoms with Gasteiger partial charge in [0.2, 0.25) is 0 Å². The van der Waals surface area contributed by atoms with E-state index in [4.69, 9.17) is 9.47 Å². The lowest BCUT2D eigenvalue weighted by molar-refractivity contribution is 0.297. The summed E-state index contributed by atoms with van der Waals surface area (Å²) in [5.74, 6) is 1.74. The Kier molecular flexibility index (Phi) is 5.29. The largest absolute Gasteiger partial charge is 0.497 e. The summed E-state index contributed by atoms with van der Waals surface area (Å²) in [6.07, 6.45) is 1.00. The normalized spacial score (nSPS) is 11.3. The molecule has 0 spiro atoms.